The first-order valence-corrected chi connectivity index (χ1v) is 53.0. The van der Waals surface area contributed by atoms with Gasteiger partial charge in [-0.05, 0) is 179 Å². The number of hydrogen-bond acceptors (Lipinski definition) is 34. The molecule has 51 heteroatoms. The third-order valence-electron chi connectivity index (χ3n) is 24.2. The zero-order chi connectivity index (χ0) is 103. The normalized spacial score (nSPS) is 14.6. The number of benzene rings is 10. The lowest BCUT2D eigenvalue weighted by Crippen LogP contribution is -2.56. The molecule has 1 atom stereocenters. The smallest absolute Gasteiger partial charge is 0.238 e. The summed E-state index contributed by atoms with van der Waals surface area (Å²) < 4.78 is 134. The molecule has 0 spiro atoms. The van der Waals surface area contributed by atoms with Crippen LogP contribution in [0.4, 0.5) is 4.39 Å². The van der Waals surface area contributed by atoms with Gasteiger partial charge in [0.2, 0.25) is 85.1 Å². The minimum Gasteiger partial charge on any atom is -0.395 e. The summed E-state index contributed by atoms with van der Waals surface area (Å²) >= 11 is 0. The number of nitrogens with zero attached hydrogens (tertiary/aromatic N) is 16. The van der Waals surface area contributed by atoms with Crippen molar-refractivity contribution in [1.82, 2.24) is 135 Å². The highest BCUT2D eigenvalue weighted by Gasteiger charge is 2.39. The van der Waals surface area contributed by atoms with Gasteiger partial charge < -0.3 is 41.9 Å². The van der Waals surface area contributed by atoms with E-state index in [1.54, 1.807) is 74.6 Å². The Labute approximate surface area is 828 Å². The second-order valence-corrected chi connectivity index (χ2v) is 42.5. The number of amides is 1. The number of alkyl halides is 1. The molecule has 1 unspecified atom stereocenters. The molecule has 2 aliphatic carbocycles. The SMILES string of the molecule is CC1(F)CN(Cc2ccc(-c3cccc(S(N)(=O)=O)c3-c3nn[nH]n3)cc2)C1.CCC(CO)NCc1ccc(-c2cccc(S(N)(=O)=O)c2-c2nn[nH]n2)cc1.CNC(=O)CNCc1ccc(-c2cccc(S(N)(=O)=O)c2-c2nn[nH]n2)cc1.NS(=O)(=O)c1cccc(-c2ccc(CNCC3(O)CCCC3)cc2)c1-c1nn[nH]n1.NS(=O)(=O)c1cccc(-c2ccc(CNCC3(O)CCCC3)cc2)c1-c1nn[nH]n1. The van der Waals surface area contributed by atoms with Crippen molar-refractivity contribution in [2.24, 2.45) is 25.7 Å². The average Bonchev–Trinajstić information content (AvgIpc) is 0.910. The Balaban J connectivity index is 0.000000143. The summed E-state index contributed by atoms with van der Waals surface area (Å²) in [5, 5.41) is 141. The number of nitrogens with two attached hydrogens (primary N) is 5. The van der Waals surface area contributed by atoms with Crippen molar-refractivity contribution in [3.63, 3.8) is 0 Å². The Morgan fingerprint density at radius 3 is 0.861 bits per heavy atom. The number of aromatic nitrogens is 20. The van der Waals surface area contributed by atoms with Gasteiger partial charge >= 0.3 is 0 Å². The van der Waals surface area contributed by atoms with Crippen LogP contribution in [-0.4, -0.2) is 241 Å². The lowest BCUT2D eigenvalue weighted by molar-refractivity contribution is -0.119. The fourth-order valence-electron chi connectivity index (χ4n) is 17.1. The van der Waals surface area contributed by atoms with Crippen LogP contribution < -0.4 is 52.3 Å². The predicted molar refractivity (Wildman–Crippen MR) is 531 cm³/mol. The largest absolute Gasteiger partial charge is 0.395 e. The van der Waals surface area contributed by atoms with Crippen LogP contribution >= 0.6 is 0 Å². The van der Waals surface area contributed by atoms with Crippen molar-refractivity contribution in [2.75, 3.05) is 46.4 Å². The first-order valence-electron chi connectivity index (χ1n) is 45.3. The molecule has 18 rings (SSSR count). The summed E-state index contributed by atoms with van der Waals surface area (Å²) in [5.41, 5.74) is 11.5. The number of primary sulfonamides is 5. The van der Waals surface area contributed by atoms with Crippen LogP contribution in [0.2, 0.25) is 0 Å². The molecule has 1 saturated heterocycles. The van der Waals surface area contributed by atoms with E-state index < -0.39 is 67.0 Å². The number of hydrogen-bond donors (Lipinski definition) is 18. The number of likely N-dealkylation sites (N-methyl/N-ethyl adjacent to an activating group) is 1. The van der Waals surface area contributed by atoms with Crippen LogP contribution in [0, 0.1) is 0 Å². The Bertz CT molecular complexity index is 7270. The van der Waals surface area contributed by atoms with Crippen molar-refractivity contribution in [2.45, 2.75) is 152 Å². The summed E-state index contributed by atoms with van der Waals surface area (Å²) in [5.74, 6) is 0.651. The van der Waals surface area contributed by atoms with Crippen molar-refractivity contribution in [1.29, 1.82) is 0 Å². The maximum Gasteiger partial charge on any atom is 0.238 e. The number of H-pyrrole nitrogens is 5. The molecule has 0 radical (unpaired) electrons. The lowest BCUT2D eigenvalue weighted by atomic mass is 9.96. The van der Waals surface area contributed by atoms with Gasteiger partial charge in [0.15, 0.2) is 0 Å². The van der Waals surface area contributed by atoms with Gasteiger partial charge in [-0.25, -0.2) is 72.2 Å². The highest BCUT2D eigenvalue weighted by Crippen LogP contribution is 2.42. The molecule has 2 saturated carbocycles. The standard InChI is InChI=1S/2C20H24N6O3S.C18H19FN6O2S.C18H22N6O3S.C17H19N7O3S/c2*21-30(28,29)17-5-3-4-16(18(17)19-23-25-26-24-19)15-8-6-14(7-9-15)12-22-13-20(27)10-1-2-11-20;1-18(19)10-25(11-18)9-12-5-7-13(8-6-12)14-3-2-4-15(28(20,26)27)16(14)17-21-23-24-22-17;1-2-14(11-25)20-10-12-6-8-13(9-7-12)15-4-3-5-16(28(19,26)27)17(15)18-21-23-24-22-18;1-19-15(25)10-20-9-11-5-7-12(8-6-11)13-3-2-4-14(28(18,26)27)16(13)17-21-23-24-22-17/h2*3-9,22,27H,1-2,10-13H2,(H2,21,28,29)(H,23,24,25,26);2-8H,9-11H2,1H3,(H2,20,26,27)(H,21,22,23,24);3-9,14,20,25H,2,10-11H2,1H3,(H2,19,26,27)(H,21,22,23,24);2-8,20H,9-10H2,1H3,(H,19,25)(H2,18,26,27)(H,21,22,23,24). The molecule has 3 fully saturated rings. The summed E-state index contributed by atoms with van der Waals surface area (Å²) in [6.45, 7) is 8.99. The van der Waals surface area contributed by atoms with Gasteiger partial charge in [0.25, 0.3) is 0 Å². The number of aliphatic hydroxyl groups is 3. The second kappa shape index (κ2) is 46.7. The maximum atomic E-state index is 13.6. The van der Waals surface area contributed by atoms with E-state index in [-0.39, 0.29) is 84.3 Å². The van der Waals surface area contributed by atoms with E-state index in [0.717, 1.165) is 113 Å². The summed E-state index contributed by atoms with van der Waals surface area (Å²) in [6.07, 6.45) is 8.52. The summed E-state index contributed by atoms with van der Waals surface area (Å²) in [6, 6.07) is 62.5. The van der Waals surface area contributed by atoms with E-state index in [1.165, 1.54) is 30.3 Å². The number of likely N-dealkylation sites (tertiary alicyclic amines) is 1. The van der Waals surface area contributed by atoms with E-state index in [2.05, 4.69) is 130 Å². The van der Waals surface area contributed by atoms with E-state index in [0.29, 0.717) is 109 Å². The molecular formula is C93H108FN31O14S5. The Kier molecular flexibility index (Phi) is 34.4. The van der Waals surface area contributed by atoms with Crippen LogP contribution in [0.3, 0.4) is 0 Å². The lowest BCUT2D eigenvalue weighted by Gasteiger charge is -2.42. The van der Waals surface area contributed by atoms with Gasteiger partial charge in [0.1, 0.15) is 5.67 Å². The van der Waals surface area contributed by atoms with Crippen molar-refractivity contribution in [3.8, 4) is 113 Å². The zero-order valence-corrected chi connectivity index (χ0v) is 82.3. The minimum absolute atomic E-state index is 0.0518. The molecular weight excluding hydrogens is 1950 g/mol. The monoisotopic (exact) mass is 2060 g/mol. The van der Waals surface area contributed by atoms with E-state index >= 15 is 0 Å². The molecule has 1 aliphatic heterocycles. The van der Waals surface area contributed by atoms with E-state index in [9.17, 15) is 66.6 Å². The van der Waals surface area contributed by atoms with Crippen molar-refractivity contribution >= 4 is 56.0 Å². The predicted octanol–water partition coefficient (Wildman–Crippen LogP) is 5.93. The molecule has 3 aliphatic rings. The highest BCUT2D eigenvalue weighted by atomic mass is 32.2. The van der Waals surface area contributed by atoms with Crippen LogP contribution in [0.25, 0.3) is 113 Å². The molecule has 144 heavy (non-hydrogen) atoms. The molecule has 0 bridgehead atoms. The summed E-state index contributed by atoms with van der Waals surface area (Å²) in [7, 11) is -18.3. The second-order valence-electron chi connectivity index (χ2n) is 34.9. The fourth-order valence-corrected chi connectivity index (χ4v) is 20.9. The number of aliphatic hydroxyl groups excluding tert-OH is 1. The Morgan fingerprint density at radius 1 is 0.389 bits per heavy atom. The summed E-state index contributed by atoms with van der Waals surface area (Å²) in [4.78, 5) is 12.9. The first-order chi connectivity index (χ1) is 68.8. The zero-order valence-electron chi connectivity index (χ0n) is 78.2. The number of sulfonamides is 5. The molecule has 5 aromatic heterocycles. The number of carbonyl (C=O) groups is 1. The van der Waals surface area contributed by atoms with Gasteiger partial charge in [0, 0.05) is 72.0 Å². The van der Waals surface area contributed by atoms with E-state index in [4.69, 9.17) is 25.7 Å². The number of aromatic amines is 5. The molecule has 15 aromatic rings. The van der Waals surface area contributed by atoms with Gasteiger partial charge in [0.05, 0.1) is 76.6 Å². The fraction of sp³-hybridized carbons (Fsp3) is 0.290. The molecule has 45 nitrogen and oxygen atoms in total. The minimum atomic E-state index is -3.99. The van der Waals surface area contributed by atoms with Gasteiger partial charge in [-0.2, -0.15) is 26.1 Å². The van der Waals surface area contributed by atoms with Crippen LogP contribution in [0.15, 0.2) is 237 Å². The molecule has 756 valence electrons. The molecule has 6 heterocycles. The van der Waals surface area contributed by atoms with Gasteiger partial charge in [-0.15, -0.1) is 51.0 Å². The van der Waals surface area contributed by atoms with Crippen molar-refractivity contribution < 1.29 is 66.6 Å². The number of tetrazole rings is 5. The Hall–Kier alpha value is -13.8. The number of nitrogens with one attached hydrogen (secondary N) is 10. The average molecular weight is 2060 g/mol. The van der Waals surface area contributed by atoms with Gasteiger partial charge in [-0.3, -0.25) is 9.69 Å². The van der Waals surface area contributed by atoms with Crippen LogP contribution in [0.1, 0.15) is 99.5 Å². The van der Waals surface area contributed by atoms with Gasteiger partial charge in [-0.1, -0.05) is 215 Å². The molecule has 23 N–H and O–H groups in total. The number of halogens is 1. The van der Waals surface area contributed by atoms with Crippen LogP contribution in [-0.2, 0) is 87.6 Å². The van der Waals surface area contributed by atoms with Crippen molar-refractivity contribution in [3.05, 3.63) is 240 Å². The molecule has 10 aromatic carbocycles. The van der Waals surface area contributed by atoms with E-state index in [1.807, 2.05) is 133 Å². The highest BCUT2D eigenvalue weighted by molar-refractivity contribution is 7.90. The number of carbonyl (C=O) groups excluding carboxylic acids is 1. The third-order valence-corrected chi connectivity index (χ3v) is 28.9. The third kappa shape index (κ3) is 27.6. The maximum absolute atomic E-state index is 13.6. The number of rotatable bonds is 34. The quantitative estimate of drug-likeness (QED) is 0.0222. The Morgan fingerprint density at radius 2 is 0.639 bits per heavy atom. The topological polar surface area (TPSA) is 714 Å². The van der Waals surface area contributed by atoms with Crippen LogP contribution in [0.5, 0.6) is 0 Å². The molecule has 1 amide bonds. The first kappa shape index (κ1) is 106.